The zero-order chi connectivity index (χ0) is 13.3. The molecule has 0 radical (unpaired) electrons. The molecule has 0 bridgehead atoms. The van der Waals surface area contributed by atoms with E-state index in [0.717, 1.165) is 24.5 Å². The summed E-state index contributed by atoms with van der Waals surface area (Å²) in [4.78, 5) is 2.26. The van der Waals surface area contributed by atoms with Crippen molar-refractivity contribution in [1.29, 1.82) is 0 Å². The highest BCUT2D eigenvalue weighted by molar-refractivity contribution is 8.00. The molecular formula is C14H21FN2S. The number of nitrogens with two attached hydrogens (primary N) is 1. The first-order chi connectivity index (χ1) is 8.41. The van der Waals surface area contributed by atoms with E-state index in [4.69, 9.17) is 5.73 Å². The quantitative estimate of drug-likeness (QED) is 0.893. The minimum absolute atomic E-state index is 0.196. The van der Waals surface area contributed by atoms with Crippen LogP contribution in [-0.4, -0.2) is 23.6 Å². The molecule has 1 atom stereocenters. The fourth-order valence-electron chi connectivity index (χ4n) is 2.47. The Morgan fingerprint density at radius 2 is 2.17 bits per heavy atom. The van der Waals surface area contributed by atoms with E-state index in [-0.39, 0.29) is 16.6 Å². The zero-order valence-electron chi connectivity index (χ0n) is 11.2. The molecule has 1 fully saturated rings. The molecule has 0 amide bonds. The van der Waals surface area contributed by atoms with E-state index in [9.17, 15) is 4.39 Å². The van der Waals surface area contributed by atoms with E-state index in [0.29, 0.717) is 5.56 Å². The third-order valence-corrected chi connectivity index (χ3v) is 4.55. The Bertz CT molecular complexity index is 432. The Labute approximate surface area is 113 Å². The Kier molecular flexibility index (Phi) is 3.87. The SMILES string of the molecule is CC(N)c1c(F)cccc1N1CCSC(C)(C)C1. The smallest absolute Gasteiger partial charge is 0.130 e. The van der Waals surface area contributed by atoms with E-state index in [1.807, 2.05) is 24.8 Å². The fraction of sp³-hybridized carbons (Fsp3) is 0.571. The van der Waals surface area contributed by atoms with Crippen molar-refractivity contribution in [3.05, 3.63) is 29.6 Å². The molecule has 1 unspecified atom stereocenters. The highest BCUT2D eigenvalue weighted by atomic mass is 32.2. The summed E-state index contributed by atoms with van der Waals surface area (Å²) in [5.41, 5.74) is 7.51. The molecule has 4 heteroatoms. The Balaban J connectivity index is 2.36. The summed E-state index contributed by atoms with van der Waals surface area (Å²) in [6, 6.07) is 4.96. The molecule has 0 aliphatic carbocycles. The van der Waals surface area contributed by atoms with Crippen molar-refractivity contribution in [2.45, 2.75) is 31.6 Å². The van der Waals surface area contributed by atoms with Crippen LogP contribution in [0.25, 0.3) is 0 Å². The normalized spacial score (nSPS) is 20.8. The summed E-state index contributed by atoms with van der Waals surface area (Å²) in [5, 5.41) is 0. The molecule has 0 aromatic heterocycles. The minimum atomic E-state index is -0.279. The maximum Gasteiger partial charge on any atom is 0.130 e. The second kappa shape index (κ2) is 5.10. The number of nitrogens with zero attached hydrogens (tertiary/aromatic N) is 1. The highest BCUT2D eigenvalue weighted by Gasteiger charge is 2.29. The second-order valence-corrected chi connectivity index (χ2v) is 7.29. The van der Waals surface area contributed by atoms with Gasteiger partial charge in [-0.05, 0) is 32.9 Å². The molecule has 1 aliphatic rings. The summed E-state index contributed by atoms with van der Waals surface area (Å²) in [5.74, 6) is 0.876. The van der Waals surface area contributed by atoms with E-state index >= 15 is 0 Å². The summed E-state index contributed by atoms with van der Waals surface area (Å²) in [6.45, 7) is 8.19. The third kappa shape index (κ3) is 2.81. The zero-order valence-corrected chi connectivity index (χ0v) is 12.1. The van der Waals surface area contributed by atoms with Gasteiger partial charge in [0.1, 0.15) is 5.82 Å². The molecule has 18 heavy (non-hydrogen) atoms. The van der Waals surface area contributed by atoms with Crippen molar-refractivity contribution in [3.63, 3.8) is 0 Å². The van der Waals surface area contributed by atoms with Gasteiger partial charge in [0.05, 0.1) is 0 Å². The molecule has 1 saturated heterocycles. The van der Waals surface area contributed by atoms with Gasteiger partial charge in [-0.2, -0.15) is 11.8 Å². The van der Waals surface area contributed by atoms with E-state index < -0.39 is 0 Å². The Morgan fingerprint density at radius 1 is 1.44 bits per heavy atom. The molecule has 0 spiro atoms. The largest absolute Gasteiger partial charge is 0.369 e. The Hall–Kier alpha value is -0.740. The van der Waals surface area contributed by atoms with Crippen LogP contribution < -0.4 is 10.6 Å². The number of benzene rings is 1. The van der Waals surface area contributed by atoms with E-state index in [1.165, 1.54) is 6.07 Å². The van der Waals surface area contributed by atoms with Crippen molar-refractivity contribution in [3.8, 4) is 0 Å². The standard InChI is InChI=1S/C14H21FN2S/c1-10(16)13-11(15)5-4-6-12(13)17-7-8-18-14(2,3)9-17/h4-6,10H,7-9,16H2,1-3H3. The van der Waals surface area contributed by atoms with Gasteiger partial charge in [-0.1, -0.05) is 6.07 Å². The molecule has 1 aromatic rings. The second-order valence-electron chi connectivity index (χ2n) is 5.49. The molecule has 1 aliphatic heterocycles. The summed E-state index contributed by atoms with van der Waals surface area (Å²) in [7, 11) is 0. The third-order valence-electron chi connectivity index (χ3n) is 3.25. The van der Waals surface area contributed by atoms with Crippen molar-refractivity contribution in [2.24, 2.45) is 5.73 Å². The van der Waals surface area contributed by atoms with Gasteiger partial charge in [0.2, 0.25) is 0 Å². The summed E-state index contributed by atoms with van der Waals surface area (Å²) >= 11 is 1.97. The van der Waals surface area contributed by atoms with Gasteiger partial charge in [-0.15, -0.1) is 0 Å². The van der Waals surface area contributed by atoms with Crippen LogP contribution in [0.2, 0.25) is 0 Å². The lowest BCUT2D eigenvalue weighted by Gasteiger charge is -2.40. The number of anilines is 1. The van der Waals surface area contributed by atoms with Gasteiger partial charge in [-0.3, -0.25) is 0 Å². The van der Waals surface area contributed by atoms with Crippen molar-refractivity contribution >= 4 is 17.4 Å². The lowest BCUT2D eigenvalue weighted by Crippen LogP contribution is -2.43. The lowest BCUT2D eigenvalue weighted by molar-refractivity contribution is 0.586. The molecule has 0 saturated carbocycles. The monoisotopic (exact) mass is 268 g/mol. The molecule has 2 N–H and O–H groups in total. The van der Waals surface area contributed by atoms with Crippen LogP contribution in [0.15, 0.2) is 18.2 Å². The van der Waals surface area contributed by atoms with Crippen LogP contribution in [0.1, 0.15) is 32.4 Å². The molecule has 2 rings (SSSR count). The van der Waals surface area contributed by atoms with Crippen LogP contribution in [0.3, 0.4) is 0 Å². The number of hydrogen-bond donors (Lipinski definition) is 1. The summed E-state index contributed by atoms with van der Waals surface area (Å²) in [6.07, 6.45) is 0. The van der Waals surface area contributed by atoms with E-state index in [1.54, 1.807) is 6.07 Å². The number of halogens is 1. The number of hydrogen-bond acceptors (Lipinski definition) is 3. The first kappa shape index (κ1) is 13.7. The molecule has 100 valence electrons. The minimum Gasteiger partial charge on any atom is -0.369 e. The highest BCUT2D eigenvalue weighted by Crippen LogP contribution is 2.35. The van der Waals surface area contributed by atoms with Crippen LogP contribution in [0.5, 0.6) is 0 Å². The average Bonchev–Trinajstić information content (AvgIpc) is 2.26. The van der Waals surface area contributed by atoms with Crippen molar-refractivity contribution in [1.82, 2.24) is 0 Å². The van der Waals surface area contributed by atoms with Gasteiger partial charge in [0.25, 0.3) is 0 Å². The van der Waals surface area contributed by atoms with Crippen LogP contribution in [0, 0.1) is 5.82 Å². The average molecular weight is 268 g/mol. The van der Waals surface area contributed by atoms with Crippen molar-refractivity contribution in [2.75, 3.05) is 23.7 Å². The topological polar surface area (TPSA) is 29.3 Å². The van der Waals surface area contributed by atoms with Crippen molar-refractivity contribution < 1.29 is 4.39 Å². The van der Waals surface area contributed by atoms with Gasteiger partial charge in [0, 0.05) is 40.9 Å². The van der Waals surface area contributed by atoms with E-state index in [2.05, 4.69) is 18.7 Å². The lowest BCUT2D eigenvalue weighted by atomic mass is 10.0. The van der Waals surface area contributed by atoms with Gasteiger partial charge >= 0.3 is 0 Å². The predicted octanol–water partition coefficient (Wildman–Crippen LogP) is 3.18. The summed E-state index contributed by atoms with van der Waals surface area (Å²) < 4.78 is 14.1. The molecule has 1 aromatic carbocycles. The van der Waals surface area contributed by atoms with Crippen LogP contribution in [-0.2, 0) is 0 Å². The first-order valence-electron chi connectivity index (χ1n) is 6.33. The van der Waals surface area contributed by atoms with Gasteiger partial charge < -0.3 is 10.6 Å². The maximum absolute atomic E-state index is 13.9. The predicted molar refractivity (Wildman–Crippen MR) is 77.8 cm³/mol. The first-order valence-corrected chi connectivity index (χ1v) is 7.32. The van der Waals surface area contributed by atoms with Gasteiger partial charge in [0.15, 0.2) is 0 Å². The fourth-order valence-corrected chi connectivity index (χ4v) is 3.59. The maximum atomic E-state index is 13.9. The Morgan fingerprint density at radius 3 is 2.78 bits per heavy atom. The van der Waals surface area contributed by atoms with Crippen LogP contribution in [0.4, 0.5) is 10.1 Å². The number of thioether (sulfide) groups is 1. The molecule has 1 heterocycles. The van der Waals surface area contributed by atoms with Gasteiger partial charge in [-0.25, -0.2) is 4.39 Å². The number of rotatable bonds is 2. The molecule has 2 nitrogen and oxygen atoms in total. The molecular weight excluding hydrogens is 247 g/mol. The van der Waals surface area contributed by atoms with Crippen LogP contribution >= 0.6 is 11.8 Å².